The van der Waals surface area contributed by atoms with Crippen molar-refractivity contribution in [3.8, 4) is 0 Å². The van der Waals surface area contributed by atoms with Crippen molar-refractivity contribution in [3.05, 3.63) is 60.2 Å². The number of halogens is 5. The highest BCUT2D eigenvalue weighted by Gasteiger charge is 1.88. The van der Waals surface area contributed by atoms with Crippen LogP contribution in [0.3, 0.4) is 0 Å². The number of nitrogen functional groups attached to an aromatic ring is 1. The maximum atomic E-state index is 12.2. The highest BCUT2D eigenvalue weighted by molar-refractivity contribution is 6.63. The van der Waals surface area contributed by atoms with Gasteiger partial charge < -0.3 is 5.73 Å². The number of nitrogens with two attached hydrogens (primary N) is 1. The Kier molecular flexibility index (Phi) is 11.1. The summed E-state index contributed by atoms with van der Waals surface area (Å²) in [5.41, 5.74) is 6.26. The first-order valence-corrected chi connectivity index (χ1v) is 6.92. The lowest BCUT2D eigenvalue weighted by atomic mass is 10.3. The molecule has 0 aliphatic heterocycles. The van der Waals surface area contributed by atoms with Gasteiger partial charge in [0.25, 0.3) is 0 Å². The van der Waals surface area contributed by atoms with Gasteiger partial charge in [0.15, 0.2) is 4.30 Å². The number of benzene rings is 2. The van der Waals surface area contributed by atoms with Crippen molar-refractivity contribution >= 4 is 52.3 Å². The van der Waals surface area contributed by atoms with Crippen molar-refractivity contribution in [1.29, 1.82) is 0 Å². The summed E-state index contributed by atoms with van der Waals surface area (Å²) < 4.78 is 23.5. The standard InChI is InChI=1S/C7H4FNO.C6H6FN.CHCl3/c8-6-1-3-7(4-2-6)9-5-10;7-5-1-3-6(8)4-2-5;2-1(3)4/h1-4H;1-4H,8H2;1H. The third kappa shape index (κ3) is 12.1. The molecular formula is C14H11Cl3F2N2O. The van der Waals surface area contributed by atoms with Gasteiger partial charge in [0.2, 0.25) is 6.08 Å². The van der Waals surface area contributed by atoms with Crippen molar-refractivity contribution in [2.75, 3.05) is 5.73 Å². The molecule has 2 N–H and O–H groups in total. The number of carbonyl (C=O) groups excluding carboxylic acids is 1. The molecule has 0 spiro atoms. The Bertz CT molecular complexity index is 562. The second-order valence-electron chi connectivity index (χ2n) is 3.48. The molecule has 0 aromatic heterocycles. The summed E-state index contributed by atoms with van der Waals surface area (Å²) >= 11 is 14.4. The van der Waals surface area contributed by atoms with Crippen LogP contribution in [-0.2, 0) is 4.79 Å². The zero-order valence-corrected chi connectivity index (χ0v) is 13.3. The van der Waals surface area contributed by atoms with E-state index < -0.39 is 4.30 Å². The van der Waals surface area contributed by atoms with Crippen LogP contribution in [0.25, 0.3) is 0 Å². The topological polar surface area (TPSA) is 55.5 Å². The van der Waals surface area contributed by atoms with Gasteiger partial charge in [0, 0.05) is 5.69 Å². The summed E-state index contributed by atoms with van der Waals surface area (Å²) in [6.45, 7) is 0. The smallest absolute Gasteiger partial charge is 0.240 e. The molecule has 0 heterocycles. The number of rotatable bonds is 1. The molecule has 0 aliphatic carbocycles. The van der Waals surface area contributed by atoms with Gasteiger partial charge in [-0.25, -0.2) is 13.6 Å². The van der Waals surface area contributed by atoms with E-state index in [1.54, 1.807) is 0 Å². The molecule has 0 aliphatic rings. The maximum absolute atomic E-state index is 12.2. The van der Waals surface area contributed by atoms with Crippen LogP contribution < -0.4 is 5.73 Å². The first-order chi connectivity index (χ1) is 10.3. The van der Waals surface area contributed by atoms with Gasteiger partial charge in [0.05, 0.1) is 5.69 Å². The second-order valence-corrected chi connectivity index (χ2v) is 5.46. The Hall–Kier alpha value is -1.65. The van der Waals surface area contributed by atoms with E-state index in [1.165, 1.54) is 54.6 Å². The van der Waals surface area contributed by atoms with E-state index in [4.69, 9.17) is 40.5 Å². The van der Waals surface area contributed by atoms with Crippen LogP contribution in [0, 0.1) is 11.6 Å². The number of hydrogen-bond donors (Lipinski definition) is 1. The Balaban J connectivity index is 0.000000330. The van der Waals surface area contributed by atoms with Crippen LogP contribution in [0.1, 0.15) is 0 Å². The molecule has 0 bridgehead atoms. The zero-order valence-electron chi connectivity index (χ0n) is 11.0. The lowest BCUT2D eigenvalue weighted by molar-refractivity contribution is 0.565. The number of hydrogen-bond acceptors (Lipinski definition) is 3. The van der Waals surface area contributed by atoms with Gasteiger partial charge in [-0.1, -0.05) is 34.8 Å². The van der Waals surface area contributed by atoms with E-state index in [0.29, 0.717) is 11.4 Å². The summed E-state index contributed by atoms with van der Waals surface area (Å²) in [7, 11) is 0. The molecule has 22 heavy (non-hydrogen) atoms. The zero-order chi connectivity index (χ0) is 17.0. The highest BCUT2D eigenvalue weighted by Crippen LogP contribution is 2.10. The number of isocyanates is 1. The molecular weight excluding hydrogens is 357 g/mol. The van der Waals surface area contributed by atoms with E-state index in [1.807, 2.05) is 0 Å². The van der Waals surface area contributed by atoms with Crippen molar-refractivity contribution < 1.29 is 13.6 Å². The monoisotopic (exact) mass is 366 g/mol. The van der Waals surface area contributed by atoms with E-state index in [2.05, 4.69) is 4.99 Å². The molecule has 0 fully saturated rings. The number of aliphatic imine (C=N–C) groups is 1. The van der Waals surface area contributed by atoms with Crippen LogP contribution in [0.15, 0.2) is 53.5 Å². The van der Waals surface area contributed by atoms with Crippen molar-refractivity contribution in [1.82, 2.24) is 0 Å². The SMILES string of the molecule is ClC(Cl)Cl.Nc1ccc(F)cc1.O=C=Nc1ccc(F)cc1. The van der Waals surface area contributed by atoms with E-state index >= 15 is 0 Å². The van der Waals surface area contributed by atoms with Crippen LogP contribution in [0.2, 0.25) is 0 Å². The lowest BCUT2D eigenvalue weighted by Gasteiger charge is -1.87. The summed E-state index contributed by atoms with van der Waals surface area (Å²) in [5, 5.41) is 0. The minimum atomic E-state index is -0.750. The van der Waals surface area contributed by atoms with Gasteiger partial charge in [0.1, 0.15) is 11.6 Å². The van der Waals surface area contributed by atoms with Crippen molar-refractivity contribution in [3.63, 3.8) is 0 Å². The molecule has 8 heteroatoms. The average Bonchev–Trinajstić information content (AvgIpc) is 2.45. The predicted molar refractivity (Wildman–Crippen MR) is 86.3 cm³/mol. The molecule has 0 radical (unpaired) electrons. The Morgan fingerprint density at radius 1 is 0.909 bits per heavy atom. The number of anilines is 1. The Morgan fingerprint density at radius 3 is 1.59 bits per heavy atom. The van der Waals surface area contributed by atoms with Gasteiger partial charge in [-0.05, 0) is 48.5 Å². The van der Waals surface area contributed by atoms with Gasteiger partial charge in [-0.3, -0.25) is 0 Å². The third-order valence-electron chi connectivity index (χ3n) is 1.87. The molecule has 2 aromatic rings. The molecule has 0 amide bonds. The molecule has 0 saturated carbocycles. The van der Waals surface area contributed by atoms with Crippen LogP contribution in [0.5, 0.6) is 0 Å². The minimum Gasteiger partial charge on any atom is -0.399 e. The van der Waals surface area contributed by atoms with Gasteiger partial charge in [-0.15, -0.1) is 0 Å². The summed E-state index contributed by atoms with van der Waals surface area (Å²) in [6, 6.07) is 11.0. The van der Waals surface area contributed by atoms with E-state index in [-0.39, 0.29) is 11.6 Å². The fourth-order valence-corrected chi connectivity index (χ4v) is 1.03. The highest BCUT2D eigenvalue weighted by atomic mass is 35.6. The fourth-order valence-electron chi connectivity index (χ4n) is 1.03. The largest absolute Gasteiger partial charge is 0.399 e. The first-order valence-electron chi connectivity index (χ1n) is 5.62. The summed E-state index contributed by atoms with van der Waals surface area (Å²) in [4.78, 5) is 12.9. The molecule has 0 saturated heterocycles. The van der Waals surface area contributed by atoms with Gasteiger partial charge in [-0.2, -0.15) is 4.99 Å². The van der Waals surface area contributed by atoms with Crippen LogP contribution >= 0.6 is 34.8 Å². The Morgan fingerprint density at radius 2 is 1.27 bits per heavy atom. The number of alkyl halides is 3. The first kappa shape index (κ1) is 20.3. The molecule has 3 nitrogen and oxygen atoms in total. The summed E-state index contributed by atoms with van der Waals surface area (Å²) in [5.74, 6) is -0.593. The molecule has 0 atom stereocenters. The average molecular weight is 368 g/mol. The number of nitrogens with zero attached hydrogens (tertiary/aromatic N) is 1. The quantitative estimate of drug-likeness (QED) is 0.326. The van der Waals surface area contributed by atoms with Gasteiger partial charge >= 0.3 is 0 Å². The van der Waals surface area contributed by atoms with Crippen LogP contribution in [-0.4, -0.2) is 10.4 Å². The molecule has 2 rings (SSSR count). The van der Waals surface area contributed by atoms with E-state index in [0.717, 1.165) is 0 Å². The third-order valence-corrected chi connectivity index (χ3v) is 1.87. The Labute approximate surface area is 141 Å². The second kappa shape index (κ2) is 12.0. The van der Waals surface area contributed by atoms with Crippen molar-refractivity contribution in [2.45, 2.75) is 4.30 Å². The van der Waals surface area contributed by atoms with E-state index in [9.17, 15) is 13.6 Å². The fraction of sp³-hybridized carbons (Fsp3) is 0.0714. The molecule has 0 unspecified atom stereocenters. The predicted octanol–water partition coefficient (Wildman–Crippen LogP) is 5.19. The molecule has 2 aromatic carbocycles. The normalized spacial score (nSPS) is 8.82. The minimum absolute atomic E-state index is 0.251. The maximum Gasteiger partial charge on any atom is 0.240 e. The lowest BCUT2D eigenvalue weighted by Crippen LogP contribution is -1.82. The van der Waals surface area contributed by atoms with Crippen LogP contribution in [0.4, 0.5) is 20.2 Å². The summed E-state index contributed by atoms with van der Waals surface area (Å²) in [6.07, 6.45) is 1.36. The van der Waals surface area contributed by atoms with Crippen molar-refractivity contribution in [2.24, 2.45) is 4.99 Å². The molecule has 118 valence electrons.